The third-order valence-electron chi connectivity index (χ3n) is 2.77. The van der Waals surface area contributed by atoms with Crippen LogP contribution in [0.15, 0.2) is 0 Å². The van der Waals surface area contributed by atoms with Crippen molar-refractivity contribution < 1.29 is 13.5 Å². The first-order valence-corrected chi connectivity index (χ1v) is 5.09. The Morgan fingerprint density at radius 2 is 1.71 bits per heavy atom. The summed E-state index contributed by atoms with van der Waals surface area (Å²) < 4.78 is 31.1. The molecule has 0 aliphatic rings. The normalized spacial score (nSPS) is 15.6. The van der Waals surface area contributed by atoms with Crippen LogP contribution in [0.3, 0.4) is 0 Å². The molecule has 0 aromatic rings. The zero-order chi connectivity index (χ0) is 11.4. The Bertz CT molecular complexity index is 161. The van der Waals surface area contributed by atoms with Gasteiger partial charge in [0.05, 0.1) is 12.3 Å². The molecule has 0 saturated carbocycles. The van der Waals surface area contributed by atoms with Gasteiger partial charge in [-0.3, -0.25) is 4.39 Å². The van der Waals surface area contributed by atoms with E-state index in [1.807, 2.05) is 6.92 Å². The monoisotopic (exact) mass is 208 g/mol. The number of hydrogen-bond donors (Lipinski definition) is 0. The number of alkyl halides is 2. The summed E-state index contributed by atoms with van der Waals surface area (Å²) >= 11 is 0. The van der Waals surface area contributed by atoms with E-state index in [4.69, 9.17) is 4.74 Å². The van der Waals surface area contributed by atoms with Crippen molar-refractivity contribution in [3.8, 4) is 0 Å². The Kier molecular flexibility index (Phi) is 4.99. The van der Waals surface area contributed by atoms with E-state index in [0.717, 1.165) is 0 Å². The quantitative estimate of drug-likeness (QED) is 0.649. The molecule has 0 aliphatic carbocycles. The lowest BCUT2D eigenvalue weighted by atomic mass is 9.91. The van der Waals surface area contributed by atoms with Gasteiger partial charge in [-0.25, -0.2) is 4.39 Å². The first-order valence-electron chi connectivity index (χ1n) is 5.09. The van der Waals surface area contributed by atoms with E-state index in [9.17, 15) is 8.78 Å². The first kappa shape index (κ1) is 13.8. The van der Waals surface area contributed by atoms with E-state index < -0.39 is 11.3 Å². The minimum atomic E-state index is -1.38. The molecule has 0 aromatic heterocycles. The van der Waals surface area contributed by atoms with E-state index in [0.29, 0.717) is 13.0 Å². The van der Waals surface area contributed by atoms with Crippen LogP contribution in [0, 0.1) is 5.92 Å². The molecule has 0 aliphatic heterocycles. The van der Waals surface area contributed by atoms with Crippen LogP contribution in [-0.2, 0) is 4.74 Å². The predicted octanol–water partition coefficient (Wildman–Crippen LogP) is 3.53. The Balaban J connectivity index is 3.89. The summed E-state index contributed by atoms with van der Waals surface area (Å²) in [5.74, 6) is -0.00600. The number of ether oxygens (including phenoxy) is 1. The molecule has 0 saturated heterocycles. The molecule has 0 amide bonds. The lowest BCUT2D eigenvalue weighted by molar-refractivity contribution is -0.112. The summed E-state index contributed by atoms with van der Waals surface area (Å²) in [5.41, 5.74) is -2.20. The Morgan fingerprint density at radius 3 is 2.07 bits per heavy atom. The van der Waals surface area contributed by atoms with Crippen molar-refractivity contribution in [1.82, 2.24) is 0 Å². The molecule has 0 N–H and O–H groups in total. The minimum Gasteiger partial charge on any atom is -0.372 e. The highest BCUT2D eigenvalue weighted by molar-refractivity contribution is 4.87. The summed E-state index contributed by atoms with van der Waals surface area (Å²) in [7, 11) is 0. The van der Waals surface area contributed by atoms with Crippen molar-refractivity contribution in [2.24, 2.45) is 5.92 Å². The molecule has 86 valence electrons. The summed E-state index contributed by atoms with van der Waals surface area (Å²) in [6.07, 6.45) is 0.635. The van der Waals surface area contributed by atoms with Gasteiger partial charge in [0, 0.05) is 6.61 Å². The minimum absolute atomic E-state index is 0.00600. The third kappa shape index (κ3) is 4.36. The smallest absolute Gasteiger partial charge is 0.133 e. The van der Waals surface area contributed by atoms with Crippen molar-refractivity contribution in [1.29, 1.82) is 0 Å². The first-order chi connectivity index (χ1) is 6.20. The number of rotatable bonds is 6. The second kappa shape index (κ2) is 5.06. The summed E-state index contributed by atoms with van der Waals surface area (Å²) in [5, 5.41) is 0. The van der Waals surface area contributed by atoms with Crippen LogP contribution >= 0.6 is 0 Å². The maximum absolute atomic E-state index is 13.6. The molecule has 0 radical (unpaired) electrons. The van der Waals surface area contributed by atoms with Gasteiger partial charge < -0.3 is 4.74 Å². The second-order valence-electron chi connectivity index (χ2n) is 4.88. The zero-order valence-corrected chi connectivity index (χ0v) is 9.86. The Hall–Kier alpha value is -0.180. The fraction of sp³-hybridized carbons (Fsp3) is 1.00. The molecule has 1 nitrogen and oxygen atoms in total. The topological polar surface area (TPSA) is 9.23 Å². The average Bonchev–Trinajstić information content (AvgIpc) is 2.01. The molecule has 14 heavy (non-hydrogen) atoms. The van der Waals surface area contributed by atoms with Gasteiger partial charge >= 0.3 is 0 Å². The van der Waals surface area contributed by atoms with Crippen LogP contribution in [0.1, 0.15) is 41.0 Å². The highest BCUT2D eigenvalue weighted by Crippen LogP contribution is 2.29. The molecule has 0 bridgehead atoms. The van der Waals surface area contributed by atoms with Crippen molar-refractivity contribution in [3.05, 3.63) is 0 Å². The Morgan fingerprint density at radius 1 is 1.21 bits per heavy atom. The molecule has 1 atom stereocenters. The van der Waals surface area contributed by atoms with Gasteiger partial charge in [0.2, 0.25) is 0 Å². The molecular weight excluding hydrogens is 186 g/mol. The van der Waals surface area contributed by atoms with Gasteiger partial charge in [0.15, 0.2) is 0 Å². The zero-order valence-electron chi connectivity index (χ0n) is 9.86. The van der Waals surface area contributed by atoms with E-state index >= 15 is 0 Å². The molecule has 0 aromatic carbocycles. The van der Waals surface area contributed by atoms with E-state index in [1.165, 1.54) is 13.8 Å². The van der Waals surface area contributed by atoms with Crippen LogP contribution in [0.25, 0.3) is 0 Å². The van der Waals surface area contributed by atoms with Crippen molar-refractivity contribution in [3.63, 3.8) is 0 Å². The van der Waals surface area contributed by atoms with Gasteiger partial charge in [-0.2, -0.15) is 0 Å². The number of hydrogen-bond acceptors (Lipinski definition) is 1. The fourth-order valence-electron chi connectivity index (χ4n) is 0.764. The molecule has 0 heterocycles. The SMILES string of the molecule is CC(CF)CCOC(C)(C)C(C)(C)F. The molecule has 1 unspecified atom stereocenters. The summed E-state index contributed by atoms with van der Waals surface area (Å²) in [4.78, 5) is 0. The lowest BCUT2D eigenvalue weighted by Gasteiger charge is -2.35. The third-order valence-corrected chi connectivity index (χ3v) is 2.77. The second-order valence-corrected chi connectivity index (χ2v) is 4.88. The molecule has 0 fully saturated rings. The number of halogens is 2. The predicted molar refractivity (Wildman–Crippen MR) is 55.0 cm³/mol. The summed E-state index contributed by atoms with van der Waals surface area (Å²) in [6.45, 7) is 8.29. The standard InChI is InChI=1S/C11H22F2O/c1-9(8-12)6-7-14-11(4,5)10(2,3)13/h9H,6-8H2,1-5H3. The van der Waals surface area contributed by atoms with Crippen LogP contribution < -0.4 is 0 Å². The van der Waals surface area contributed by atoms with Gasteiger partial charge in [0.25, 0.3) is 0 Å². The van der Waals surface area contributed by atoms with Gasteiger partial charge in [-0.15, -0.1) is 0 Å². The van der Waals surface area contributed by atoms with Crippen LogP contribution in [-0.4, -0.2) is 24.6 Å². The van der Waals surface area contributed by atoms with E-state index in [1.54, 1.807) is 13.8 Å². The van der Waals surface area contributed by atoms with E-state index in [-0.39, 0.29) is 12.6 Å². The molecular formula is C11H22F2O. The van der Waals surface area contributed by atoms with Crippen molar-refractivity contribution in [2.45, 2.75) is 52.3 Å². The average molecular weight is 208 g/mol. The van der Waals surface area contributed by atoms with Crippen molar-refractivity contribution >= 4 is 0 Å². The maximum Gasteiger partial charge on any atom is 0.133 e. The van der Waals surface area contributed by atoms with Gasteiger partial charge in [-0.1, -0.05) is 6.92 Å². The van der Waals surface area contributed by atoms with Crippen molar-refractivity contribution in [2.75, 3.05) is 13.3 Å². The van der Waals surface area contributed by atoms with Crippen LogP contribution in [0.4, 0.5) is 8.78 Å². The lowest BCUT2D eigenvalue weighted by Crippen LogP contribution is -2.44. The maximum atomic E-state index is 13.6. The largest absolute Gasteiger partial charge is 0.372 e. The summed E-state index contributed by atoms with van der Waals surface area (Å²) in [6, 6.07) is 0. The van der Waals surface area contributed by atoms with Crippen LogP contribution in [0.5, 0.6) is 0 Å². The fourth-order valence-corrected chi connectivity index (χ4v) is 0.764. The van der Waals surface area contributed by atoms with Gasteiger partial charge in [-0.05, 0) is 40.0 Å². The van der Waals surface area contributed by atoms with E-state index in [2.05, 4.69) is 0 Å². The molecule has 0 spiro atoms. The highest BCUT2D eigenvalue weighted by atomic mass is 19.1. The van der Waals surface area contributed by atoms with Gasteiger partial charge in [0.1, 0.15) is 5.67 Å². The highest BCUT2D eigenvalue weighted by Gasteiger charge is 2.38. The molecule has 0 rings (SSSR count). The Labute approximate surface area is 85.8 Å². The van der Waals surface area contributed by atoms with Crippen LogP contribution in [0.2, 0.25) is 0 Å². The molecule has 3 heteroatoms.